The van der Waals surface area contributed by atoms with E-state index >= 15 is 0 Å². The molecule has 0 radical (unpaired) electrons. The van der Waals surface area contributed by atoms with Gasteiger partial charge in [-0.2, -0.15) is 0 Å². The number of hydrogen-bond donors (Lipinski definition) is 1. The summed E-state index contributed by atoms with van der Waals surface area (Å²) in [5.74, 6) is 0. The molecule has 2 aromatic carbocycles. The van der Waals surface area contributed by atoms with Crippen LogP contribution in [0.25, 0.3) is 5.57 Å². The summed E-state index contributed by atoms with van der Waals surface area (Å²) in [6.45, 7) is 4.76. The molecule has 0 aromatic heterocycles. The number of benzene rings is 2. The molecule has 0 heterocycles. The number of anilines is 1. The van der Waals surface area contributed by atoms with E-state index in [4.69, 9.17) is 11.6 Å². The topological polar surface area (TPSA) is 12.0 Å². The Morgan fingerprint density at radius 2 is 1.83 bits per heavy atom. The molecular formula is C15H13BrClN. The quantitative estimate of drug-likeness (QED) is 0.813. The second kappa shape index (κ2) is 6.07. The lowest BCUT2D eigenvalue weighted by molar-refractivity contribution is 1.33. The van der Waals surface area contributed by atoms with Gasteiger partial charge >= 0.3 is 0 Å². The van der Waals surface area contributed by atoms with Gasteiger partial charge in [0.2, 0.25) is 0 Å². The van der Waals surface area contributed by atoms with Crippen LogP contribution in [0, 0.1) is 0 Å². The average molecular weight is 323 g/mol. The summed E-state index contributed by atoms with van der Waals surface area (Å²) in [5, 5.41) is 4.02. The van der Waals surface area contributed by atoms with Gasteiger partial charge in [-0.1, -0.05) is 54.6 Å². The highest BCUT2D eigenvalue weighted by molar-refractivity contribution is 9.10. The van der Waals surface area contributed by atoms with E-state index < -0.39 is 0 Å². The molecular weight excluding hydrogens is 310 g/mol. The predicted octanol–water partition coefficient (Wildman–Crippen LogP) is 5.23. The number of halogens is 2. The Hall–Kier alpha value is -1.25. The van der Waals surface area contributed by atoms with Crippen LogP contribution in [0.4, 0.5) is 5.69 Å². The highest BCUT2D eigenvalue weighted by Gasteiger charge is 2.04. The van der Waals surface area contributed by atoms with Gasteiger partial charge in [0.05, 0.1) is 15.2 Å². The second-order valence-corrected chi connectivity index (χ2v) is 5.12. The van der Waals surface area contributed by atoms with Gasteiger partial charge in [-0.05, 0) is 39.2 Å². The van der Waals surface area contributed by atoms with E-state index in [0.717, 1.165) is 21.3 Å². The monoisotopic (exact) mass is 321 g/mol. The fourth-order valence-electron chi connectivity index (χ4n) is 1.62. The van der Waals surface area contributed by atoms with Crippen molar-refractivity contribution in [3.05, 3.63) is 70.2 Å². The summed E-state index contributed by atoms with van der Waals surface area (Å²) >= 11 is 9.50. The Morgan fingerprint density at radius 1 is 1.11 bits per heavy atom. The molecule has 0 aliphatic heterocycles. The van der Waals surface area contributed by atoms with Gasteiger partial charge in [0.15, 0.2) is 0 Å². The molecule has 0 amide bonds. The van der Waals surface area contributed by atoms with E-state index in [0.29, 0.717) is 11.6 Å². The summed E-state index contributed by atoms with van der Waals surface area (Å²) < 4.78 is 0.882. The van der Waals surface area contributed by atoms with E-state index in [1.165, 1.54) is 0 Å². The lowest BCUT2D eigenvalue weighted by Crippen LogP contribution is -2.03. The summed E-state index contributed by atoms with van der Waals surface area (Å²) in [6.07, 6.45) is 0. The van der Waals surface area contributed by atoms with E-state index in [-0.39, 0.29) is 0 Å². The van der Waals surface area contributed by atoms with Crippen LogP contribution in [-0.2, 0) is 0 Å². The van der Waals surface area contributed by atoms with E-state index in [1.807, 2.05) is 36.4 Å². The molecule has 0 bridgehead atoms. The molecule has 0 saturated carbocycles. The van der Waals surface area contributed by atoms with Crippen molar-refractivity contribution in [1.29, 1.82) is 0 Å². The lowest BCUT2D eigenvalue weighted by Gasteiger charge is -2.11. The Balaban J connectivity index is 2.04. The number of hydrogen-bond acceptors (Lipinski definition) is 1. The van der Waals surface area contributed by atoms with Gasteiger partial charge in [0.1, 0.15) is 0 Å². The second-order valence-electron chi connectivity index (χ2n) is 3.92. The zero-order valence-electron chi connectivity index (χ0n) is 9.79. The van der Waals surface area contributed by atoms with Gasteiger partial charge in [-0.25, -0.2) is 0 Å². The van der Waals surface area contributed by atoms with E-state index in [2.05, 4.69) is 40.0 Å². The molecule has 0 saturated heterocycles. The lowest BCUT2D eigenvalue weighted by atomic mass is 10.1. The first kappa shape index (κ1) is 13.2. The Kier molecular flexibility index (Phi) is 4.45. The van der Waals surface area contributed by atoms with Crippen molar-refractivity contribution >= 4 is 38.8 Å². The highest BCUT2D eigenvalue weighted by Crippen LogP contribution is 2.30. The normalized spacial score (nSPS) is 10.1. The van der Waals surface area contributed by atoms with Crippen molar-refractivity contribution < 1.29 is 0 Å². The zero-order chi connectivity index (χ0) is 13.0. The standard InChI is InChI=1S/C15H13BrClN/c1-11(12-6-3-2-4-7-12)10-18-14-9-5-8-13(17)15(14)16/h2-9,18H,1,10H2. The molecule has 0 spiro atoms. The van der Waals surface area contributed by atoms with Crippen LogP contribution < -0.4 is 5.32 Å². The highest BCUT2D eigenvalue weighted by atomic mass is 79.9. The molecule has 18 heavy (non-hydrogen) atoms. The number of nitrogens with one attached hydrogen (secondary N) is 1. The molecule has 2 aromatic rings. The number of rotatable bonds is 4. The van der Waals surface area contributed by atoms with Crippen LogP contribution in [-0.4, -0.2) is 6.54 Å². The van der Waals surface area contributed by atoms with Crippen LogP contribution in [0.3, 0.4) is 0 Å². The van der Waals surface area contributed by atoms with E-state index in [1.54, 1.807) is 0 Å². The maximum atomic E-state index is 6.04. The van der Waals surface area contributed by atoms with Crippen molar-refractivity contribution in [3.63, 3.8) is 0 Å². The third-order valence-electron chi connectivity index (χ3n) is 2.63. The summed E-state index contributed by atoms with van der Waals surface area (Å²) in [7, 11) is 0. The molecule has 0 atom stereocenters. The molecule has 1 nitrogen and oxygen atoms in total. The summed E-state index contributed by atoms with van der Waals surface area (Å²) in [5.41, 5.74) is 3.16. The smallest absolute Gasteiger partial charge is 0.0593 e. The minimum Gasteiger partial charge on any atom is -0.380 e. The Morgan fingerprint density at radius 3 is 2.56 bits per heavy atom. The first-order chi connectivity index (χ1) is 8.68. The third kappa shape index (κ3) is 3.15. The Labute approximate surface area is 121 Å². The van der Waals surface area contributed by atoms with Crippen molar-refractivity contribution in [2.45, 2.75) is 0 Å². The summed E-state index contributed by atoms with van der Waals surface area (Å²) in [4.78, 5) is 0. The van der Waals surface area contributed by atoms with Gasteiger partial charge in [-0.15, -0.1) is 0 Å². The molecule has 92 valence electrons. The van der Waals surface area contributed by atoms with Crippen molar-refractivity contribution in [3.8, 4) is 0 Å². The molecule has 0 aliphatic rings. The van der Waals surface area contributed by atoms with Crippen LogP contribution in [0.15, 0.2) is 59.6 Å². The fourth-order valence-corrected chi connectivity index (χ4v) is 2.20. The minimum absolute atomic E-state index is 0.683. The molecule has 0 aliphatic carbocycles. The molecule has 0 unspecified atom stereocenters. The SMILES string of the molecule is C=C(CNc1cccc(Cl)c1Br)c1ccccc1. The molecule has 0 fully saturated rings. The first-order valence-electron chi connectivity index (χ1n) is 5.59. The van der Waals surface area contributed by atoms with Crippen LogP contribution in [0.5, 0.6) is 0 Å². The van der Waals surface area contributed by atoms with Gasteiger partial charge in [0.25, 0.3) is 0 Å². The van der Waals surface area contributed by atoms with Gasteiger partial charge < -0.3 is 5.32 Å². The first-order valence-corrected chi connectivity index (χ1v) is 6.76. The van der Waals surface area contributed by atoms with E-state index in [9.17, 15) is 0 Å². The van der Waals surface area contributed by atoms with Gasteiger partial charge in [-0.3, -0.25) is 0 Å². The van der Waals surface area contributed by atoms with Crippen molar-refractivity contribution in [2.75, 3.05) is 11.9 Å². The average Bonchev–Trinajstić information content (AvgIpc) is 2.41. The van der Waals surface area contributed by atoms with Crippen LogP contribution >= 0.6 is 27.5 Å². The predicted molar refractivity (Wildman–Crippen MR) is 83.1 cm³/mol. The zero-order valence-corrected chi connectivity index (χ0v) is 12.1. The van der Waals surface area contributed by atoms with Crippen molar-refractivity contribution in [1.82, 2.24) is 0 Å². The Bertz CT molecular complexity index is 552. The van der Waals surface area contributed by atoms with Gasteiger partial charge in [0, 0.05) is 6.54 Å². The maximum Gasteiger partial charge on any atom is 0.0593 e. The molecule has 3 heteroatoms. The van der Waals surface area contributed by atoms with Crippen molar-refractivity contribution in [2.24, 2.45) is 0 Å². The van der Waals surface area contributed by atoms with Crippen LogP contribution in [0.2, 0.25) is 5.02 Å². The minimum atomic E-state index is 0.683. The van der Waals surface area contributed by atoms with Crippen LogP contribution in [0.1, 0.15) is 5.56 Å². The molecule has 2 rings (SSSR count). The fraction of sp³-hybridized carbons (Fsp3) is 0.0667. The largest absolute Gasteiger partial charge is 0.380 e. The summed E-state index contributed by atoms with van der Waals surface area (Å²) in [6, 6.07) is 15.9. The maximum absolute atomic E-state index is 6.04. The third-order valence-corrected chi connectivity index (χ3v) is 4.02. The molecule has 1 N–H and O–H groups in total.